The van der Waals surface area contributed by atoms with Crippen molar-refractivity contribution in [2.45, 2.75) is 53.2 Å². The zero-order valence-electron chi connectivity index (χ0n) is 13.7. The Balaban J connectivity index is 2.74. The first-order valence-electron chi connectivity index (χ1n) is 7.86. The molecule has 0 aliphatic carbocycles. The number of nitrogens with two attached hydrogens (primary N) is 1. The highest BCUT2D eigenvalue weighted by Gasteiger charge is 2.18. The minimum Gasteiger partial charge on any atom is -0.443 e. The third-order valence-corrected chi connectivity index (χ3v) is 3.76. The third-order valence-electron chi connectivity index (χ3n) is 3.76. The van der Waals surface area contributed by atoms with Crippen LogP contribution >= 0.6 is 0 Å². The van der Waals surface area contributed by atoms with Gasteiger partial charge in [0.05, 0.1) is 5.56 Å². The third kappa shape index (κ3) is 5.05. The number of nitrogen functional groups attached to an aromatic ring is 1. The molecule has 0 saturated heterocycles. The van der Waals surface area contributed by atoms with Crippen LogP contribution in [0.25, 0.3) is 0 Å². The monoisotopic (exact) mass is 292 g/mol. The van der Waals surface area contributed by atoms with Gasteiger partial charge >= 0.3 is 5.97 Å². The average Bonchev–Trinajstić information content (AvgIpc) is 2.46. The van der Waals surface area contributed by atoms with Gasteiger partial charge in [0.15, 0.2) is 6.23 Å². The standard InChI is InChI=1S/C17H28N2O2/c1-5-8-9-14-10-11-15(16(18)12-14)17(20)21-13(4)19(6-2)7-3/h10-13H,5-9,18H2,1-4H3. The van der Waals surface area contributed by atoms with E-state index >= 15 is 0 Å². The van der Waals surface area contributed by atoms with E-state index in [1.165, 1.54) is 5.56 Å². The number of nitrogens with zero attached hydrogens (tertiary/aromatic N) is 1. The minimum atomic E-state index is -0.353. The first kappa shape index (κ1) is 17.5. The number of unbranched alkanes of at least 4 members (excludes halogenated alkanes) is 1. The molecule has 0 aliphatic heterocycles. The fourth-order valence-corrected chi connectivity index (χ4v) is 2.37. The van der Waals surface area contributed by atoms with E-state index in [4.69, 9.17) is 10.5 Å². The first-order chi connectivity index (χ1) is 10.0. The summed E-state index contributed by atoms with van der Waals surface area (Å²) in [6.07, 6.45) is 3.02. The van der Waals surface area contributed by atoms with E-state index in [0.717, 1.165) is 32.4 Å². The van der Waals surface area contributed by atoms with Crippen LogP contribution in [0.2, 0.25) is 0 Å². The van der Waals surface area contributed by atoms with E-state index in [1.54, 1.807) is 6.07 Å². The molecule has 0 aromatic heterocycles. The molecular weight excluding hydrogens is 264 g/mol. The summed E-state index contributed by atoms with van der Waals surface area (Å²) in [6.45, 7) is 9.82. The molecule has 1 aromatic carbocycles. The first-order valence-corrected chi connectivity index (χ1v) is 7.86. The van der Waals surface area contributed by atoms with Crippen molar-refractivity contribution in [2.24, 2.45) is 0 Å². The van der Waals surface area contributed by atoms with Crippen LogP contribution in [0.3, 0.4) is 0 Å². The van der Waals surface area contributed by atoms with E-state index in [2.05, 4.69) is 11.8 Å². The van der Waals surface area contributed by atoms with Gasteiger partial charge in [-0.15, -0.1) is 0 Å². The normalized spacial score (nSPS) is 12.4. The van der Waals surface area contributed by atoms with E-state index < -0.39 is 0 Å². The molecule has 0 fully saturated rings. The largest absolute Gasteiger partial charge is 0.443 e. The summed E-state index contributed by atoms with van der Waals surface area (Å²) in [5.74, 6) is -0.353. The molecule has 1 atom stereocenters. The Morgan fingerprint density at radius 1 is 1.29 bits per heavy atom. The number of anilines is 1. The Morgan fingerprint density at radius 3 is 2.48 bits per heavy atom. The quantitative estimate of drug-likeness (QED) is 0.453. The Morgan fingerprint density at radius 2 is 1.95 bits per heavy atom. The second kappa shape index (κ2) is 8.67. The van der Waals surface area contributed by atoms with E-state index in [1.807, 2.05) is 32.9 Å². The van der Waals surface area contributed by atoms with E-state index in [9.17, 15) is 4.79 Å². The van der Waals surface area contributed by atoms with Crippen molar-refractivity contribution in [3.05, 3.63) is 29.3 Å². The maximum absolute atomic E-state index is 12.2. The zero-order valence-corrected chi connectivity index (χ0v) is 13.7. The Labute approximate surface area is 128 Å². The summed E-state index contributed by atoms with van der Waals surface area (Å²) in [6, 6.07) is 5.62. The summed E-state index contributed by atoms with van der Waals surface area (Å²) in [4.78, 5) is 14.3. The van der Waals surface area contributed by atoms with Gasteiger partial charge in [0.1, 0.15) is 0 Å². The molecule has 2 N–H and O–H groups in total. The fourth-order valence-electron chi connectivity index (χ4n) is 2.37. The van der Waals surface area contributed by atoms with Crippen LogP contribution in [-0.2, 0) is 11.2 Å². The van der Waals surface area contributed by atoms with Crippen LogP contribution in [0.15, 0.2) is 18.2 Å². The smallest absolute Gasteiger partial charge is 0.341 e. The molecule has 118 valence electrons. The Kier molecular flexibility index (Phi) is 7.23. The Hall–Kier alpha value is -1.55. The second-order valence-electron chi connectivity index (χ2n) is 5.25. The average molecular weight is 292 g/mol. The van der Waals surface area contributed by atoms with Gasteiger partial charge in [-0.05, 0) is 50.6 Å². The van der Waals surface area contributed by atoms with Crippen molar-refractivity contribution >= 4 is 11.7 Å². The highest BCUT2D eigenvalue weighted by molar-refractivity contribution is 5.95. The lowest BCUT2D eigenvalue weighted by molar-refractivity contribution is -0.0196. The zero-order chi connectivity index (χ0) is 15.8. The van der Waals surface area contributed by atoms with Gasteiger partial charge in [-0.1, -0.05) is 33.3 Å². The number of benzene rings is 1. The highest BCUT2D eigenvalue weighted by atomic mass is 16.6. The van der Waals surface area contributed by atoms with Crippen molar-refractivity contribution in [3.8, 4) is 0 Å². The number of carbonyl (C=O) groups is 1. The summed E-state index contributed by atoms with van der Waals surface area (Å²) in [5, 5.41) is 0. The van der Waals surface area contributed by atoms with Gasteiger partial charge in [-0.3, -0.25) is 4.90 Å². The molecule has 0 saturated carbocycles. The van der Waals surface area contributed by atoms with Crippen molar-refractivity contribution in [1.82, 2.24) is 4.90 Å². The predicted octanol–water partition coefficient (Wildman–Crippen LogP) is 3.46. The van der Waals surface area contributed by atoms with Gasteiger partial charge in [0.25, 0.3) is 0 Å². The van der Waals surface area contributed by atoms with Crippen LogP contribution in [0.1, 0.15) is 56.5 Å². The molecule has 1 rings (SSSR count). The number of hydrogen-bond acceptors (Lipinski definition) is 4. The molecular formula is C17H28N2O2. The number of rotatable bonds is 8. The van der Waals surface area contributed by atoms with Crippen LogP contribution in [0.4, 0.5) is 5.69 Å². The number of ether oxygens (including phenoxy) is 1. The van der Waals surface area contributed by atoms with E-state index in [-0.39, 0.29) is 12.2 Å². The van der Waals surface area contributed by atoms with Crippen molar-refractivity contribution in [1.29, 1.82) is 0 Å². The van der Waals surface area contributed by atoms with Crippen LogP contribution < -0.4 is 5.73 Å². The summed E-state index contributed by atoms with van der Waals surface area (Å²) < 4.78 is 5.49. The minimum absolute atomic E-state index is 0.244. The van der Waals surface area contributed by atoms with Gasteiger partial charge in [0, 0.05) is 5.69 Å². The lowest BCUT2D eigenvalue weighted by atomic mass is 10.0. The number of aryl methyl sites for hydroxylation is 1. The molecule has 4 heteroatoms. The topological polar surface area (TPSA) is 55.6 Å². The molecule has 0 aliphatic rings. The molecule has 4 nitrogen and oxygen atoms in total. The van der Waals surface area contributed by atoms with Crippen molar-refractivity contribution in [2.75, 3.05) is 18.8 Å². The molecule has 0 amide bonds. The SMILES string of the molecule is CCCCc1ccc(C(=O)OC(C)N(CC)CC)c(N)c1. The number of carbonyl (C=O) groups excluding carboxylic acids is 1. The second-order valence-corrected chi connectivity index (χ2v) is 5.25. The summed E-state index contributed by atoms with van der Waals surface area (Å²) >= 11 is 0. The number of esters is 1. The molecule has 0 heterocycles. The van der Waals surface area contributed by atoms with Crippen molar-refractivity contribution < 1.29 is 9.53 Å². The van der Waals surface area contributed by atoms with Gasteiger partial charge < -0.3 is 10.5 Å². The van der Waals surface area contributed by atoms with Crippen molar-refractivity contribution in [3.63, 3.8) is 0 Å². The van der Waals surface area contributed by atoms with Crippen LogP contribution in [0, 0.1) is 0 Å². The number of hydrogen-bond donors (Lipinski definition) is 1. The lowest BCUT2D eigenvalue weighted by Crippen LogP contribution is -2.36. The molecule has 0 radical (unpaired) electrons. The Bertz CT molecular complexity index is 456. The summed E-state index contributed by atoms with van der Waals surface area (Å²) in [7, 11) is 0. The molecule has 1 aromatic rings. The molecule has 1 unspecified atom stereocenters. The fraction of sp³-hybridized carbons (Fsp3) is 0.588. The summed E-state index contributed by atoms with van der Waals surface area (Å²) in [5.41, 5.74) is 8.12. The van der Waals surface area contributed by atoms with Crippen LogP contribution in [0.5, 0.6) is 0 Å². The predicted molar refractivity (Wildman–Crippen MR) is 87.3 cm³/mol. The van der Waals surface area contributed by atoms with E-state index in [0.29, 0.717) is 11.3 Å². The maximum Gasteiger partial charge on any atom is 0.341 e. The highest BCUT2D eigenvalue weighted by Crippen LogP contribution is 2.18. The lowest BCUT2D eigenvalue weighted by Gasteiger charge is -2.26. The molecule has 0 bridgehead atoms. The maximum atomic E-state index is 12.2. The molecule has 0 spiro atoms. The van der Waals surface area contributed by atoms with Gasteiger partial charge in [-0.25, -0.2) is 4.79 Å². The molecule has 21 heavy (non-hydrogen) atoms. The van der Waals surface area contributed by atoms with Crippen LogP contribution in [-0.4, -0.2) is 30.2 Å². The van der Waals surface area contributed by atoms with Gasteiger partial charge in [-0.2, -0.15) is 0 Å². The van der Waals surface area contributed by atoms with Gasteiger partial charge in [0.2, 0.25) is 0 Å².